The summed E-state index contributed by atoms with van der Waals surface area (Å²) in [7, 11) is 0. The van der Waals surface area contributed by atoms with Crippen molar-refractivity contribution in [2.75, 3.05) is 6.61 Å². The Labute approximate surface area is 80.4 Å². The van der Waals surface area contributed by atoms with Gasteiger partial charge >= 0.3 is 0 Å². The van der Waals surface area contributed by atoms with Gasteiger partial charge in [-0.2, -0.15) is 5.48 Å². The van der Waals surface area contributed by atoms with Crippen molar-refractivity contribution >= 4 is 11.6 Å². The lowest BCUT2D eigenvalue weighted by molar-refractivity contribution is 0.0906. The molecule has 13 heavy (non-hydrogen) atoms. The molecule has 0 heterocycles. The smallest absolute Gasteiger partial charge is 0.134 e. The average molecular weight is 204 g/mol. The van der Waals surface area contributed by atoms with Crippen LogP contribution in [0.1, 0.15) is 11.6 Å². The number of rotatable bonds is 3. The highest BCUT2D eigenvalue weighted by Gasteiger charge is 2.10. The molecule has 0 aromatic heterocycles. The molecule has 0 saturated carbocycles. The molecular formula is C8H10ClNO3. The van der Waals surface area contributed by atoms with Gasteiger partial charge in [-0.05, 0) is 17.7 Å². The van der Waals surface area contributed by atoms with E-state index in [0.29, 0.717) is 5.56 Å². The molecule has 0 unspecified atom stereocenters. The first-order valence-electron chi connectivity index (χ1n) is 3.68. The number of hydroxylamine groups is 1. The monoisotopic (exact) mass is 203 g/mol. The number of hydrogen-bond acceptors (Lipinski definition) is 4. The molecule has 5 heteroatoms. The van der Waals surface area contributed by atoms with Gasteiger partial charge in [0.1, 0.15) is 5.75 Å². The lowest BCUT2D eigenvalue weighted by Gasteiger charge is -2.12. The first-order valence-corrected chi connectivity index (χ1v) is 4.05. The van der Waals surface area contributed by atoms with Gasteiger partial charge in [-0.1, -0.05) is 17.7 Å². The molecule has 1 rings (SSSR count). The SMILES string of the molecule is OC[C@@H](NO)c1ccc(O)c(Cl)c1. The van der Waals surface area contributed by atoms with E-state index in [9.17, 15) is 0 Å². The summed E-state index contributed by atoms with van der Waals surface area (Å²) in [4.78, 5) is 0. The van der Waals surface area contributed by atoms with Gasteiger partial charge in [0.15, 0.2) is 0 Å². The molecule has 1 aromatic rings. The van der Waals surface area contributed by atoms with Crippen LogP contribution in [0.4, 0.5) is 0 Å². The highest BCUT2D eigenvalue weighted by Crippen LogP contribution is 2.26. The summed E-state index contributed by atoms with van der Waals surface area (Å²) in [6, 6.07) is 3.85. The molecule has 0 aliphatic carbocycles. The molecule has 0 spiro atoms. The average Bonchev–Trinajstić information content (AvgIpc) is 2.13. The van der Waals surface area contributed by atoms with Crippen molar-refractivity contribution in [3.63, 3.8) is 0 Å². The molecule has 1 aromatic carbocycles. The van der Waals surface area contributed by atoms with Gasteiger partial charge in [0.25, 0.3) is 0 Å². The molecule has 0 fully saturated rings. The van der Waals surface area contributed by atoms with Crippen molar-refractivity contribution < 1.29 is 15.4 Å². The number of benzene rings is 1. The van der Waals surface area contributed by atoms with Gasteiger partial charge in [0.05, 0.1) is 17.7 Å². The Balaban J connectivity index is 2.95. The minimum absolute atomic E-state index is 0.0277. The van der Waals surface area contributed by atoms with Crippen LogP contribution in [-0.2, 0) is 0 Å². The summed E-state index contributed by atoms with van der Waals surface area (Å²) in [5.74, 6) is -0.0277. The molecule has 4 nitrogen and oxygen atoms in total. The second-order valence-corrected chi connectivity index (χ2v) is 2.98. The summed E-state index contributed by atoms with van der Waals surface area (Å²) in [5, 5.41) is 26.7. The van der Waals surface area contributed by atoms with Crippen molar-refractivity contribution in [2.45, 2.75) is 6.04 Å². The highest BCUT2D eigenvalue weighted by atomic mass is 35.5. The molecular weight excluding hydrogens is 194 g/mol. The van der Waals surface area contributed by atoms with Gasteiger partial charge in [-0.15, -0.1) is 0 Å². The van der Waals surface area contributed by atoms with Crippen LogP contribution in [0.15, 0.2) is 18.2 Å². The Morgan fingerprint density at radius 2 is 2.15 bits per heavy atom. The van der Waals surface area contributed by atoms with E-state index >= 15 is 0 Å². The van der Waals surface area contributed by atoms with E-state index in [-0.39, 0.29) is 17.4 Å². The fraction of sp³-hybridized carbons (Fsp3) is 0.250. The molecule has 4 N–H and O–H groups in total. The first-order chi connectivity index (χ1) is 6.19. The van der Waals surface area contributed by atoms with Crippen LogP contribution in [0.3, 0.4) is 0 Å². The number of aliphatic hydroxyl groups is 1. The summed E-state index contributed by atoms with van der Waals surface area (Å²) >= 11 is 5.63. The van der Waals surface area contributed by atoms with E-state index in [2.05, 4.69) is 0 Å². The third-order valence-electron chi connectivity index (χ3n) is 1.71. The van der Waals surface area contributed by atoms with E-state index in [1.54, 1.807) is 6.07 Å². The van der Waals surface area contributed by atoms with Crippen LogP contribution >= 0.6 is 11.6 Å². The number of aliphatic hydroxyl groups excluding tert-OH is 1. The van der Waals surface area contributed by atoms with Crippen LogP contribution in [-0.4, -0.2) is 22.0 Å². The van der Waals surface area contributed by atoms with Crippen LogP contribution in [0.25, 0.3) is 0 Å². The topological polar surface area (TPSA) is 72.7 Å². The Morgan fingerprint density at radius 1 is 1.46 bits per heavy atom. The number of aromatic hydroxyl groups is 1. The molecule has 72 valence electrons. The Kier molecular flexibility index (Phi) is 3.50. The van der Waals surface area contributed by atoms with E-state index < -0.39 is 6.04 Å². The molecule has 0 saturated heterocycles. The number of hydrogen-bond donors (Lipinski definition) is 4. The van der Waals surface area contributed by atoms with E-state index in [1.165, 1.54) is 12.1 Å². The predicted octanol–water partition coefficient (Wildman–Crippen LogP) is 1.06. The zero-order chi connectivity index (χ0) is 9.84. The van der Waals surface area contributed by atoms with Crippen molar-refractivity contribution in [1.29, 1.82) is 0 Å². The maximum atomic E-state index is 9.09. The quantitative estimate of drug-likeness (QED) is 0.555. The Hall–Kier alpha value is -0.810. The maximum absolute atomic E-state index is 9.09. The fourth-order valence-corrected chi connectivity index (χ4v) is 1.15. The summed E-state index contributed by atoms with van der Waals surface area (Å²) in [6.45, 7) is -0.252. The van der Waals surface area contributed by atoms with Gasteiger partial charge in [0, 0.05) is 0 Å². The Bertz CT molecular complexity index is 289. The number of phenolic OH excluding ortho intramolecular Hbond substituents is 1. The van der Waals surface area contributed by atoms with Crippen molar-refractivity contribution in [1.82, 2.24) is 5.48 Å². The predicted molar refractivity (Wildman–Crippen MR) is 47.9 cm³/mol. The van der Waals surface area contributed by atoms with Gasteiger partial charge in [0.2, 0.25) is 0 Å². The second-order valence-electron chi connectivity index (χ2n) is 2.58. The van der Waals surface area contributed by atoms with Gasteiger partial charge < -0.3 is 15.4 Å². The molecule has 1 atom stereocenters. The number of halogens is 1. The Morgan fingerprint density at radius 3 is 2.62 bits per heavy atom. The van der Waals surface area contributed by atoms with Crippen LogP contribution < -0.4 is 5.48 Å². The minimum Gasteiger partial charge on any atom is -0.506 e. The van der Waals surface area contributed by atoms with Crippen molar-refractivity contribution in [3.8, 4) is 5.75 Å². The summed E-state index contributed by atoms with van der Waals surface area (Å²) in [6.07, 6.45) is 0. The molecule has 0 aliphatic rings. The minimum atomic E-state index is -0.585. The van der Waals surface area contributed by atoms with Crippen molar-refractivity contribution in [2.24, 2.45) is 0 Å². The van der Waals surface area contributed by atoms with Crippen LogP contribution in [0.2, 0.25) is 5.02 Å². The van der Waals surface area contributed by atoms with Gasteiger partial charge in [-0.25, -0.2) is 0 Å². The normalized spacial score (nSPS) is 12.8. The third kappa shape index (κ3) is 2.32. The van der Waals surface area contributed by atoms with E-state index in [0.717, 1.165) is 0 Å². The van der Waals surface area contributed by atoms with E-state index in [4.69, 9.17) is 27.0 Å². The highest BCUT2D eigenvalue weighted by molar-refractivity contribution is 6.32. The van der Waals surface area contributed by atoms with Crippen molar-refractivity contribution in [3.05, 3.63) is 28.8 Å². The second kappa shape index (κ2) is 4.43. The molecule has 0 amide bonds. The maximum Gasteiger partial charge on any atom is 0.134 e. The largest absolute Gasteiger partial charge is 0.506 e. The zero-order valence-electron chi connectivity index (χ0n) is 6.74. The van der Waals surface area contributed by atoms with Gasteiger partial charge in [-0.3, -0.25) is 0 Å². The van der Waals surface area contributed by atoms with E-state index in [1.807, 2.05) is 5.48 Å². The van der Waals surface area contributed by atoms with Crippen LogP contribution in [0.5, 0.6) is 5.75 Å². The summed E-state index contributed by atoms with van der Waals surface area (Å²) < 4.78 is 0. The third-order valence-corrected chi connectivity index (χ3v) is 2.02. The van der Waals surface area contributed by atoms with Crippen LogP contribution in [0, 0.1) is 0 Å². The zero-order valence-corrected chi connectivity index (χ0v) is 7.49. The fourth-order valence-electron chi connectivity index (χ4n) is 0.961. The lowest BCUT2D eigenvalue weighted by Crippen LogP contribution is -2.20. The standard InChI is InChI=1S/C8H10ClNO3/c9-6-3-5(1-2-8(6)12)7(4-11)10-13/h1-3,7,10-13H,4H2/t7-/m1/s1. The lowest BCUT2D eigenvalue weighted by atomic mass is 10.1. The molecule has 0 bridgehead atoms. The molecule has 0 radical (unpaired) electrons. The number of phenols is 1. The first kappa shape index (κ1) is 10.3. The molecule has 0 aliphatic heterocycles. The summed E-state index contributed by atoms with van der Waals surface area (Å²) in [5.41, 5.74) is 2.53. The number of nitrogens with one attached hydrogen (secondary N) is 1.